The molecule has 1 fully saturated rings. The van der Waals surface area contributed by atoms with E-state index in [1.807, 2.05) is 0 Å². The number of likely N-dealkylation sites (tertiary alicyclic amines) is 1. The lowest BCUT2D eigenvalue weighted by Crippen LogP contribution is -2.43. The van der Waals surface area contributed by atoms with Crippen molar-refractivity contribution in [2.45, 2.75) is 24.2 Å². The van der Waals surface area contributed by atoms with E-state index >= 15 is 0 Å². The number of amides is 1. The van der Waals surface area contributed by atoms with Gasteiger partial charge in [-0.2, -0.15) is 0 Å². The van der Waals surface area contributed by atoms with E-state index < -0.39 is 21.9 Å². The van der Waals surface area contributed by atoms with Gasteiger partial charge in [-0.05, 0) is 25.0 Å². The quantitative estimate of drug-likeness (QED) is 0.756. The molecule has 0 aromatic carbocycles. The van der Waals surface area contributed by atoms with Gasteiger partial charge in [0, 0.05) is 38.4 Å². The Hall–Kier alpha value is -2.00. The van der Waals surface area contributed by atoms with E-state index in [1.165, 1.54) is 29.4 Å². The van der Waals surface area contributed by atoms with Crippen LogP contribution in [0.4, 0.5) is 0 Å². The predicted molar refractivity (Wildman–Crippen MR) is 81.0 cm³/mol. The molecule has 0 radical (unpaired) electrons. The first-order chi connectivity index (χ1) is 10.9. The van der Waals surface area contributed by atoms with Gasteiger partial charge in [-0.25, -0.2) is 13.1 Å². The van der Waals surface area contributed by atoms with Crippen LogP contribution in [0.3, 0.4) is 0 Å². The number of carbonyl (C=O) groups excluding carboxylic acids is 1. The zero-order chi connectivity index (χ0) is 16.9. The van der Waals surface area contributed by atoms with E-state index in [9.17, 15) is 18.0 Å². The van der Waals surface area contributed by atoms with Gasteiger partial charge in [0.2, 0.25) is 15.9 Å². The Morgan fingerprint density at radius 3 is 2.87 bits per heavy atom. The number of carboxylic acid groups (broad SMARTS) is 1. The van der Waals surface area contributed by atoms with Gasteiger partial charge in [0.05, 0.1) is 5.92 Å². The van der Waals surface area contributed by atoms with Crippen LogP contribution in [0.2, 0.25) is 0 Å². The molecule has 1 saturated heterocycles. The lowest BCUT2D eigenvalue weighted by Gasteiger charge is -2.30. The van der Waals surface area contributed by atoms with E-state index in [-0.39, 0.29) is 30.3 Å². The summed E-state index contributed by atoms with van der Waals surface area (Å²) in [4.78, 5) is 28.3. The number of sulfonamides is 1. The Bertz CT molecular complexity index is 662. The van der Waals surface area contributed by atoms with Crippen molar-refractivity contribution in [3.63, 3.8) is 0 Å². The molecule has 1 aliphatic heterocycles. The molecule has 1 amide bonds. The van der Waals surface area contributed by atoms with E-state index in [0.717, 1.165) is 0 Å². The summed E-state index contributed by atoms with van der Waals surface area (Å²) >= 11 is 0. The smallest absolute Gasteiger partial charge is 0.308 e. The molecule has 2 heterocycles. The summed E-state index contributed by atoms with van der Waals surface area (Å²) in [7, 11) is -3.69. The number of piperidine rings is 1. The third kappa shape index (κ3) is 4.73. The molecule has 1 unspecified atom stereocenters. The molecule has 1 aromatic heterocycles. The Morgan fingerprint density at radius 1 is 1.43 bits per heavy atom. The van der Waals surface area contributed by atoms with Crippen LogP contribution in [0, 0.1) is 5.92 Å². The van der Waals surface area contributed by atoms with Gasteiger partial charge < -0.3 is 10.0 Å². The van der Waals surface area contributed by atoms with Gasteiger partial charge in [-0.15, -0.1) is 0 Å². The fraction of sp³-hybridized carbons (Fsp3) is 0.500. The Kier molecular flexibility index (Phi) is 5.67. The zero-order valence-electron chi connectivity index (χ0n) is 12.5. The number of carboxylic acids is 1. The molecule has 23 heavy (non-hydrogen) atoms. The fourth-order valence-corrected chi connectivity index (χ4v) is 3.44. The van der Waals surface area contributed by atoms with Crippen molar-refractivity contribution in [1.82, 2.24) is 14.6 Å². The topological polar surface area (TPSA) is 117 Å². The van der Waals surface area contributed by atoms with Crippen molar-refractivity contribution >= 4 is 21.9 Å². The van der Waals surface area contributed by atoms with Gasteiger partial charge in [-0.1, -0.05) is 0 Å². The van der Waals surface area contributed by atoms with Crippen molar-refractivity contribution in [3.8, 4) is 0 Å². The van der Waals surface area contributed by atoms with E-state index in [0.29, 0.717) is 19.4 Å². The van der Waals surface area contributed by atoms with Crippen LogP contribution in [0.5, 0.6) is 0 Å². The van der Waals surface area contributed by atoms with E-state index in [1.54, 1.807) is 0 Å². The third-order valence-corrected chi connectivity index (χ3v) is 5.15. The lowest BCUT2D eigenvalue weighted by molar-refractivity contribution is -0.145. The van der Waals surface area contributed by atoms with Gasteiger partial charge in [0.1, 0.15) is 4.90 Å². The summed E-state index contributed by atoms with van der Waals surface area (Å²) in [5.41, 5.74) is 0. The number of aromatic nitrogens is 1. The van der Waals surface area contributed by atoms with Crippen LogP contribution in [0.25, 0.3) is 0 Å². The van der Waals surface area contributed by atoms with Crippen molar-refractivity contribution in [2.24, 2.45) is 5.92 Å². The van der Waals surface area contributed by atoms with Gasteiger partial charge in [-0.3, -0.25) is 14.6 Å². The first-order valence-electron chi connectivity index (χ1n) is 7.30. The number of hydrogen-bond donors (Lipinski definition) is 2. The first-order valence-corrected chi connectivity index (χ1v) is 8.79. The van der Waals surface area contributed by atoms with Crippen LogP contribution < -0.4 is 4.72 Å². The molecule has 0 saturated carbocycles. The summed E-state index contributed by atoms with van der Waals surface area (Å²) in [6.45, 7) is 0.659. The van der Waals surface area contributed by atoms with Crippen LogP contribution >= 0.6 is 0 Å². The van der Waals surface area contributed by atoms with Crippen LogP contribution in [-0.4, -0.2) is 54.9 Å². The zero-order valence-corrected chi connectivity index (χ0v) is 13.3. The number of nitrogens with zero attached hydrogens (tertiary/aromatic N) is 2. The maximum Gasteiger partial charge on any atom is 0.308 e. The molecule has 8 nitrogen and oxygen atoms in total. The standard InChI is InChI=1S/C14H19N3O5S/c18-13(17-8-2-3-11(10-17)14(19)20)5-7-16-23(21,22)12-4-1-6-15-9-12/h1,4,6,9,11,16H,2-3,5,7-8,10H2,(H,19,20). The number of aliphatic carboxylic acids is 1. The summed E-state index contributed by atoms with van der Waals surface area (Å²) in [5, 5.41) is 9.01. The molecule has 2 rings (SSSR count). The number of nitrogens with one attached hydrogen (secondary N) is 1. The molecule has 1 atom stereocenters. The average Bonchev–Trinajstić information content (AvgIpc) is 2.55. The highest BCUT2D eigenvalue weighted by Gasteiger charge is 2.28. The number of carbonyl (C=O) groups is 2. The highest BCUT2D eigenvalue weighted by atomic mass is 32.2. The second kappa shape index (κ2) is 7.51. The van der Waals surface area contributed by atoms with Gasteiger partial charge in [0.25, 0.3) is 0 Å². The predicted octanol–water partition coefficient (Wildman–Crippen LogP) is 0.0732. The Labute approximate surface area is 134 Å². The van der Waals surface area contributed by atoms with Gasteiger partial charge >= 0.3 is 5.97 Å². The summed E-state index contributed by atoms with van der Waals surface area (Å²) in [6, 6.07) is 2.93. The normalized spacial score (nSPS) is 18.6. The van der Waals surface area contributed by atoms with Crippen molar-refractivity contribution < 1.29 is 23.1 Å². The maximum atomic E-state index is 12.1. The van der Waals surface area contributed by atoms with Crippen LogP contribution in [-0.2, 0) is 19.6 Å². The Balaban J connectivity index is 1.84. The molecule has 1 aromatic rings. The minimum atomic E-state index is -3.69. The second-order valence-corrected chi connectivity index (χ2v) is 7.12. The molecule has 126 valence electrons. The minimum Gasteiger partial charge on any atom is -0.481 e. The van der Waals surface area contributed by atoms with Crippen LogP contribution in [0.1, 0.15) is 19.3 Å². The fourth-order valence-electron chi connectivity index (χ4n) is 2.45. The van der Waals surface area contributed by atoms with Gasteiger partial charge in [0.15, 0.2) is 0 Å². The Morgan fingerprint density at radius 2 is 2.22 bits per heavy atom. The minimum absolute atomic E-state index is 0.00810. The van der Waals surface area contributed by atoms with Crippen molar-refractivity contribution in [2.75, 3.05) is 19.6 Å². The summed E-state index contributed by atoms with van der Waals surface area (Å²) in [6.07, 6.45) is 3.90. The molecule has 0 aliphatic carbocycles. The number of pyridine rings is 1. The SMILES string of the molecule is O=C(O)C1CCCN(C(=O)CCNS(=O)(=O)c2cccnc2)C1. The molecular weight excluding hydrogens is 322 g/mol. The van der Waals surface area contributed by atoms with E-state index in [2.05, 4.69) is 9.71 Å². The largest absolute Gasteiger partial charge is 0.481 e. The number of rotatable bonds is 6. The monoisotopic (exact) mass is 341 g/mol. The highest BCUT2D eigenvalue weighted by molar-refractivity contribution is 7.89. The molecular formula is C14H19N3O5S. The molecule has 0 bridgehead atoms. The molecule has 9 heteroatoms. The molecule has 1 aliphatic rings. The molecule has 0 spiro atoms. The van der Waals surface area contributed by atoms with Crippen LogP contribution in [0.15, 0.2) is 29.4 Å². The maximum absolute atomic E-state index is 12.1. The van der Waals surface area contributed by atoms with Crippen molar-refractivity contribution in [1.29, 1.82) is 0 Å². The molecule has 2 N–H and O–H groups in total. The van der Waals surface area contributed by atoms with Crippen molar-refractivity contribution in [3.05, 3.63) is 24.5 Å². The average molecular weight is 341 g/mol. The summed E-state index contributed by atoms with van der Waals surface area (Å²) in [5.74, 6) is -1.69. The second-order valence-electron chi connectivity index (χ2n) is 5.35. The first kappa shape index (κ1) is 17.4. The van der Waals surface area contributed by atoms with E-state index in [4.69, 9.17) is 5.11 Å². The highest BCUT2D eigenvalue weighted by Crippen LogP contribution is 2.17. The summed E-state index contributed by atoms with van der Waals surface area (Å²) < 4.78 is 26.3. The lowest BCUT2D eigenvalue weighted by atomic mass is 9.98. The number of hydrogen-bond acceptors (Lipinski definition) is 5. The third-order valence-electron chi connectivity index (χ3n) is 3.70.